The van der Waals surface area contributed by atoms with Crippen molar-refractivity contribution in [1.29, 1.82) is 0 Å². The molecule has 0 radical (unpaired) electrons. The summed E-state index contributed by atoms with van der Waals surface area (Å²) in [5.41, 5.74) is 3.08. The lowest BCUT2D eigenvalue weighted by Crippen LogP contribution is -2.28. The van der Waals surface area contributed by atoms with Crippen LogP contribution in [0.5, 0.6) is 0 Å². The van der Waals surface area contributed by atoms with Crippen LogP contribution in [0.2, 0.25) is 0 Å². The molecule has 1 fully saturated rings. The summed E-state index contributed by atoms with van der Waals surface area (Å²) in [5.74, 6) is 0.939. The SMILES string of the molecule is Cc1ccc(-c2noc([C@H]3CCN(S(=O)(=O)c4ccc(C)cc4)C3)n2)cc1. The summed E-state index contributed by atoms with van der Waals surface area (Å²) < 4.78 is 32.6. The van der Waals surface area contributed by atoms with E-state index in [1.807, 2.05) is 50.2 Å². The number of aryl methyl sites for hydroxylation is 2. The van der Waals surface area contributed by atoms with Crippen molar-refractivity contribution >= 4 is 10.0 Å². The Kier molecular flexibility index (Phi) is 4.57. The van der Waals surface area contributed by atoms with E-state index in [0.29, 0.717) is 36.1 Å². The van der Waals surface area contributed by atoms with E-state index in [1.165, 1.54) is 4.31 Å². The second kappa shape index (κ2) is 6.90. The first-order chi connectivity index (χ1) is 12.9. The minimum Gasteiger partial charge on any atom is -0.339 e. The van der Waals surface area contributed by atoms with Crippen molar-refractivity contribution < 1.29 is 12.9 Å². The second-order valence-corrected chi connectivity index (χ2v) is 8.92. The monoisotopic (exact) mass is 383 g/mol. The molecule has 3 aromatic rings. The van der Waals surface area contributed by atoms with Gasteiger partial charge in [0, 0.05) is 18.7 Å². The molecule has 0 saturated carbocycles. The number of sulfonamides is 1. The molecule has 0 amide bonds. The van der Waals surface area contributed by atoms with Crippen LogP contribution in [-0.4, -0.2) is 36.0 Å². The molecule has 1 atom stereocenters. The van der Waals surface area contributed by atoms with Gasteiger partial charge in [-0.25, -0.2) is 8.42 Å². The van der Waals surface area contributed by atoms with Gasteiger partial charge in [-0.2, -0.15) is 9.29 Å². The number of nitrogens with zero attached hydrogens (tertiary/aromatic N) is 3. The third kappa shape index (κ3) is 3.52. The van der Waals surface area contributed by atoms with Crippen LogP contribution in [0, 0.1) is 13.8 Å². The van der Waals surface area contributed by atoms with E-state index in [0.717, 1.165) is 16.7 Å². The quantitative estimate of drug-likeness (QED) is 0.689. The average Bonchev–Trinajstić information content (AvgIpc) is 3.32. The van der Waals surface area contributed by atoms with Gasteiger partial charge >= 0.3 is 0 Å². The molecule has 1 aliphatic rings. The fourth-order valence-electron chi connectivity index (χ4n) is 3.23. The molecular formula is C20H21N3O3S. The van der Waals surface area contributed by atoms with Gasteiger partial charge in [0.15, 0.2) is 0 Å². The smallest absolute Gasteiger partial charge is 0.243 e. The van der Waals surface area contributed by atoms with Crippen LogP contribution in [0.3, 0.4) is 0 Å². The molecule has 0 unspecified atom stereocenters. The van der Waals surface area contributed by atoms with Gasteiger partial charge in [-0.05, 0) is 32.4 Å². The normalized spacial score (nSPS) is 18.1. The van der Waals surface area contributed by atoms with Gasteiger partial charge in [0.2, 0.25) is 21.7 Å². The lowest BCUT2D eigenvalue weighted by atomic mass is 10.1. The maximum absolute atomic E-state index is 12.8. The summed E-state index contributed by atoms with van der Waals surface area (Å²) in [6, 6.07) is 14.8. The first-order valence-electron chi connectivity index (χ1n) is 8.91. The van der Waals surface area contributed by atoms with Crippen molar-refractivity contribution in [1.82, 2.24) is 14.4 Å². The Morgan fingerprint density at radius 2 is 1.63 bits per heavy atom. The molecule has 1 aromatic heterocycles. The zero-order valence-corrected chi connectivity index (χ0v) is 16.1. The van der Waals surface area contributed by atoms with Crippen LogP contribution in [-0.2, 0) is 10.0 Å². The van der Waals surface area contributed by atoms with Crippen LogP contribution in [0.25, 0.3) is 11.4 Å². The largest absolute Gasteiger partial charge is 0.339 e. The van der Waals surface area contributed by atoms with Crippen molar-refractivity contribution in [3.8, 4) is 11.4 Å². The highest BCUT2D eigenvalue weighted by Crippen LogP contribution is 2.31. The number of hydrogen-bond donors (Lipinski definition) is 0. The summed E-state index contributed by atoms with van der Waals surface area (Å²) in [7, 11) is -3.50. The highest BCUT2D eigenvalue weighted by atomic mass is 32.2. The summed E-state index contributed by atoms with van der Waals surface area (Å²) in [6.07, 6.45) is 0.667. The van der Waals surface area contributed by atoms with E-state index < -0.39 is 10.0 Å². The number of hydrogen-bond acceptors (Lipinski definition) is 5. The van der Waals surface area contributed by atoms with Crippen LogP contribution in [0.1, 0.15) is 29.4 Å². The molecular weight excluding hydrogens is 362 g/mol. The molecule has 7 heteroatoms. The van der Waals surface area contributed by atoms with E-state index >= 15 is 0 Å². The maximum atomic E-state index is 12.8. The van der Waals surface area contributed by atoms with Crippen LogP contribution >= 0.6 is 0 Å². The fourth-order valence-corrected chi connectivity index (χ4v) is 4.73. The molecule has 0 aliphatic carbocycles. The summed E-state index contributed by atoms with van der Waals surface area (Å²) >= 11 is 0. The Morgan fingerprint density at radius 3 is 2.30 bits per heavy atom. The first-order valence-corrected chi connectivity index (χ1v) is 10.3. The van der Waals surface area contributed by atoms with E-state index in [2.05, 4.69) is 10.1 Å². The molecule has 2 heterocycles. The zero-order valence-electron chi connectivity index (χ0n) is 15.3. The Hall–Kier alpha value is -2.51. The molecule has 27 heavy (non-hydrogen) atoms. The van der Waals surface area contributed by atoms with Crippen LogP contribution in [0.4, 0.5) is 0 Å². The van der Waals surface area contributed by atoms with E-state index in [1.54, 1.807) is 12.1 Å². The third-order valence-corrected chi connectivity index (χ3v) is 6.79. The maximum Gasteiger partial charge on any atom is 0.243 e. The fraction of sp³-hybridized carbons (Fsp3) is 0.300. The summed E-state index contributed by atoms with van der Waals surface area (Å²) in [6.45, 7) is 4.76. The minimum absolute atomic E-state index is 0.0862. The van der Waals surface area contributed by atoms with Gasteiger partial charge in [0.25, 0.3) is 0 Å². The van der Waals surface area contributed by atoms with Gasteiger partial charge < -0.3 is 4.52 Å². The molecule has 0 bridgehead atoms. The average molecular weight is 383 g/mol. The van der Waals surface area contributed by atoms with Crippen molar-refractivity contribution in [3.63, 3.8) is 0 Å². The molecule has 1 saturated heterocycles. The lowest BCUT2D eigenvalue weighted by molar-refractivity contribution is 0.354. The van der Waals surface area contributed by atoms with Gasteiger partial charge in [-0.15, -0.1) is 0 Å². The van der Waals surface area contributed by atoms with Gasteiger partial charge in [0.05, 0.1) is 10.8 Å². The standard InChI is InChI=1S/C20H21N3O3S/c1-14-3-7-16(8-4-14)19-21-20(26-22-19)17-11-12-23(13-17)27(24,25)18-9-5-15(2)6-10-18/h3-10,17H,11-13H2,1-2H3/t17-/m0/s1. The third-order valence-electron chi connectivity index (χ3n) is 4.91. The van der Waals surface area contributed by atoms with E-state index in [9.17, 15) is 8.42 Å². The summed E-state index contributed by atoms with van der Waals surface area (Å²) in [4.78, 5) is 4.81. The number of aromatic nitrogens is 2. The lowest BCUT2D eigenvalue weighted by Gasteiger charge is -2.16. The number of rotatable bonds is 4. The highest BCUT2D eigenvalue weighted by Gasteiger charge is 2.35. The molecule has 0 spiro atoms. The molecule has 6 nitrogen and oxygen atoms in total. The Balaban J connectivity index is 1.51. The van der Waals surface area contributed by atoms with E-state index in [-0.39, 0.29) is 5.92 Å². The molecule has 2 aromatic carbocycles. The topological polar surface area (TPSA) is 76.3 Å². The van der Waals surface area contributed by atoms with Gasteiger partial charge in [0.1, 0.15) is 0 Å². The first kappa shape index (κ1) is 17.9. The Labute approximate surface area is 158 Å². The zero-order chi connectivity index (χ0) is 19.0. The minimum atomic E-state index is -3.50. The molecule has 0 N–H and O–H groups in total. The van der Waals surface area contributed by atoms with Crippen molar-refractivity contribution in [2.45, 2.75) is 31.1 Å². The van der Waals surface area contributed by atoms with Gasteiger partial charge in [-0.3, -0.25) is 0 Å². The molecule has 140 valence electrons. The van der Waals surface area contributed by atoms with Crippen LogP contribution < -0.4 is 0 Å². The summed E-state index contributed by atoms with van der Waals surface area (Å²) in [5, 5.41) is 4.06. The predicted molar refractivity (Wildman–Crippen MR) is 102 cm³/mol. The number of benzene rings is 2. The second-order valence-electron chi connectivity index (χ2n) is 6.98. The van der Waals surface area contributed by atoms with Crippen LogP contribution in [0.15, 0.2) is 57.9 Å². The van der Waals surface area contributed by atoms with E-state index in [4.69, 9.17) is 4.52 Å². The van der Waals surface area contributed by atoms with Crippen molar-refractivity contribution in [2.24, 2.45) is 0 Å². The van der Waals surface area contributed by atoms with Crippen molar-refractivity contribution in [3.05, 3.63) is 65.5 Å². The van der Waals surface area contributed by atoms with Crippen molar-refractivity contribution in [2.75, 3.05) is 13.1 Å². The Bertz CT molecular complexity index is 1040. The predicted octanol–water partition coefficient (Wildman–Crippen LogP) is 3.53. The highest BCUT2D eigenvalue weighted by molar-refractivity contribution is 7.89. The molecule has 1 aliphatic heterocycles. The van der Waals surface area contributed by atoms with Gasteiger partial charge in [-0.1, -0.05) is 52.7 Å². The molecule has 4 rings (SSSR count). The Morgan fingerprint density at radius 1 is 1.00 bits per heavy atom.